The molecule has 1 aromatic carbocycles. The van der Waals surface area contributed by atoms with E-state index in [1.807, 2.05) is 0 Å². The Morgan fingerprint density at radius 2 is 1.70 bits per heavy atom. The highest BCUT2D eigenvalue weighted by Gasteiger charge is 2.05. The molecule has 8 heteroatoms. The zero-order chi connectivity index (χ0) is 15.0. The zero-order valence-electron chi connectivity index (χ0n) is 10.8. The molecule has 0 saturated heterocycles. The summed E-state index contributed by atoms with van der Waals surface area (Å²) in [4.78, 5) is 9.99. The van der Waals surface area contributed by atoms with E-state index in [-0.39, 0.29) is 11.4 Å². The molecule has 0 aliphatic carbocycles. The summed E-state index contributed by atoms with van der Waals surface area (Å²) in [5.74, 6) is 0.580. The maximum absolute atomic E-state index is 10.7. The van der Waals surface area contributed by atoms with Crippen molar-refractivity contribution in [2.45, 2.75) is 25.7 Å². The Bertz CT molecular complexity index is 529. The first-order valence-electron chi connectivity index (χ1n) is 6.18. The third-order valence-electron chi connectivity index (χ3n) is 2.60. The van der Waals surface area contributed by atoms with E-state index < -0.39 is 14.0 Å². The normalized spacial score (nSPS) is 11.2. The van der Waals surface area contributed by atoms with Crippen molar-refractivity contribution in [2.24, 2.45) is 0 Å². The van der Waals surface area contributed by atoms with Crippen LogP contribution in [-0.4, -0.2) is 25.7 Å². The standard InChI is InChI=1S/C12H16ClNO5S/c13-20(17,18)10-4-2-1-3-9-19-12-7-5-11(6-8-12)14(15)16/h5-8H,1-4,9-10H2. The van der Waals surface area contributed by atoms with Gasteiger partial charge in [-0.05, 0) is 25.0 Å². The van der Waals surface area contributed by atoms with Crippen LogP contribution in [0.25, 0.3) is 0 Å². The van der Waals surface area contributed by atoms with E-state index in [1.165, 1.54) is 12.1 Å². The van der Waals surface area contributed by atoms with Gasteiger partial charge in [0.05, 0.1) is 17.3 Å². The molecule has 0 spiro atoms. The van der Waals surface area contributed by atoms with Crippen molar-refractivity contribution in [1.82, 2.24) is 0 Å². The molecular formula is C12H16ClNO5S. The van der Waals surface area contributed by atoms with E-state index in [2.05, 4.69) is 0 Å². The smallest absolute Gasteiger partial charge is 0.269 e. The van der Waals surface area contributed by atoms with E-state index in [1.54, 1.807) is 12.1 Å². The SMILES string of the molecule is O=[N+]([O-])c1ccc(OCCCCCCS(=O)(=O)Cl)cc1. The molecule has 6 nitrogen and oxygen atoms in total. The number of nitro benzene ring substituents is 1. The summed E-state index contributed by atoms with van der Waals surface area (Å²) in [6.07, 6.45) is 2.96. The molecule has 1 rings (SSSR count). The number of hydrogen-bond acceptors (Lipinski definition) is 5. The molecule has 0 atom stereocenters. The lowest BCUT2D eigenvalue weighted by atomic mass is 10.2. The number of nitro groups is 1. The summed E-state index contributed by atoms with van der Waals surface area (Å²) >= 11 is 0. The Kier molecular flexibility index (Phi) is 6.74. The number of ether oxygens (including phenoxy) is 1. The molecule has 0 bridgehead atoms. The topological polar surface area (TPSA) is 86.5 Å². The molecular weight excluding hydrogens is 306 g/mol. The average molecular weight is 322 g/mol. The van der Waals surface area contributed by atoms with Gasteiger partial charge in [0.2, 0.25) is 9.05 Å². The Balaban J connectivity index is 2.14. The monoisotopic (exact) mass is 321 g/mol. The van der Waals surface area contributed by atoms with Crippen LogP contribution in [0, 0.1) is 10.1 Å². The molecule has 0 aliphatic rings. The minimum Gasteiger partial charge on any atom is -0.494 e. The summed E-state index contributed by atoms with van der Waals surface area (Å²) in [5, 5.41) is 10.5. The van der Waals surface area contributed by atoms with Gasteiger partial charge in [-0.3, -0.25) is 10.1 Å². The number of non-ortho nitro benzene ring substituents is 1. The molecule has 1 aromatic rings. The highest BCUT2D eigenvalue weighted by Crippen LogP contribution is 2.17. The first-order chi connectivity index (χ1) is 9.38. The van der Waals surface area contributed by atoms with Crippen LogP contribution in [0.5, 0.6) is 5.75 Å². The average Bonchev–Trinajstić information content (AvgIpc) is 2.37. The van der Waals surface area contributed by atoms with Crippen LogP contribution in [0.2, 0.25) is 0 Å². The second-order valence-electron chi connectivity index (χ2n) is 4.26. The van der Waals surface area contributed by atoms with E-state index >= 15 is 0 Å². The first kappa shape index (κ1) is 16.7. The minimum atomic E-state index is -3.39. The largest absolute Gasteiger partial charge is 0.494 e. The van der Waals surface area contributed by atoms with Gasteiger partial charge in [0.25, 0.3) is 5.69 Å². The Labute approximate surface area is 122 Å². The molecule has 0 fully saturated rings. The van der Waals surface area contributed by atoms with Gasteiger partial charge in [-0.1, -0.05) is 12.8 Å². The lowest BCUT2D eigenvalue weighted by Crippen LogP contribution is -1.99. The fourth-order valence-corrected chi connectivity index (χ4v) is 2.46. The second-order valence-corrected chi connectivity index (χ2v) is 7.15. The van der Waals surface area contributed by atoms with Gasteiger partial charge in [0, 0.05) is 22.8 Å². The van der Waals surface area contributed by atoms with E-state index in [0.717, 1.165) is 19.3 Å². The van der Waals surface area contributed by atoms with Gasteiger partial charge in [0.15, 0.2) is 0 Å². The molecule has 0 heterocycles. The van der Waals surface area contributed by atoms with Crippen molar-refractivity contribution in [1.29, 1.82) is 0 Å². The number of benzene rings is 1. The molecule has 0 N–H and O–H groups in total. The lowest BCUT2D eigenvalue weighted by molar-refractivity contribution is -0.384. The van der Waals surface area contributed by atoms with Gasteiger partial charge >= 0.3 is 0 Å². The highest BCUT2D eigenvalue weighted by atomic mass is 35.7. The van der Waals surface area contributed by atoms with Crippen LogP contribution >= 0.6 is 10.7 Å². The Morgan fingerprint density at radius 3 is 2.25 bits per heavy atom. The first-order valence-corrected chi connectivity index (χ1v) is 8.66. The van der Waals surface area contributed by atoms with Gasteiger partial charge < -0.3 is 4.74 Å². The van der Waals surface area contributed by atoms with Crippen LogP contribution < -0.4 is 4.74 Å². The number of unbranched alkanes of at least 4 members (excludes halogenated alkanes) is 3. The third kappa shape index (κ3) is 7.30. The predicted octanol–water partition coefficient (Wildman–Crippen LogP) is 3.10. The van der Waals surface area contributed by atoms with E-state index in [0.29, 0.717) is 18.8 Å². The summed E-state index contributed by atoms with van der Waals surface area (Å²) in [6, 6.07) is 5.89. The number of rotatable bonds is 9. The van der Waals surface area contributed by atoms with Gasteiger partial charge in [-0.25, -0.2) is 8.42 Å². The second kappa shape index (κ2) is 8.06. The van der Waals surface area contributed by atoms with Crippen LogP contribution in [0.4, 0.5) is 5.69 Å². The lowest BCUT2D eigenvalue weighted by Gasteiger charge is -2.05. The van der Waals surface area contributed by atoms with E-state index in [4.69, 9.17) is 15.4 Å². The summed E-state index contributed by atoms with van der Waals surface area (Å²) in [5.41, 5.74) is 0.0274. The van der Waals surface area contributed by atoms with Crippen molar-refractivity contribution in [3.8, 4) is 5.75 Å². The molecule has 0 saturated carbocycles. The number of hydrogen-bond donors (Lipinski definition) is 0. The fraction of sp³-hybridized carbons (Fsp3) is 0.500. The quantitative estimate of drug-likeness (QED) is 0.302. The summed E-state index contributed by atoms with van der Waals surface area (Å²) in [6.45, 7) is 0.492. The maximum atomic E-state index is 10.7. The molecule has 0 aliphatic heterocycles. The third-order valence-corrected chi connectivity index (χ3v) is 3.84. The summed E-state index contributed by atoms with van der Waals surface area (Å²) in [7, 11) is 1.70. The molecule has 0 amide bonds. The number of halogens is 1. The van der Waals surface area contributed by atoms with Gasteiger partial charge in [-0.2, -0.15) is 0 Å². The van der Waals surface area contributed by atoms with Crippen molar-refractivity contribution in [3.05, 3.63) is 34.4 Å². The highest BCUT2D eigenvalue weighted by molar-refractivity contribution is 8.13. The van der Waals surface area contributed by atoms with Crippen molar-refractivity contribution in [2.75, 3.05) is 12.4 Å². The van der Waals surface area contributed by atoms with Crippen LogP contribution in [-0.2, 0) is 9.05 Å². The minimum absolute atomic E-state index is 0.00222. The number of nitrogens with zero attached hydrogens (tertiary/aromatic N) is 1. The molecule has 0 unspecified atom stereocenters. The Hall–Kier alpha value is -1.34. The maximum Gasteiger partial charge on any atom is 0.269 e. The Morgan fingerprint density at radius 1 is 1.10 bits per heavy atom. The van der Waals surface area contributed by atoms with Crippen LogP contribution in [0.3, 0.4) is 0 Å². The van der Waals surface area contributed by atoms with Crippen LogP contribution in [0.15, 0.2) is 24.3 Å². The molecule has 20 heavy (non-hydrogen) atoms. The van der Waals surface area contributed by atoms with Crippen molar-refractivity contribution < 1.29 is 18.1 Å². The molecule has 0 radical (unpaired) electrons. The molecule has 0 aromatic heterocycles. The van der Waals surface area contributed by atoms with Gasteiger partial charge in [-0.15, -0.1) is 0 Å². The fourth-order valence-electron chi connectivity index (χ4n) is 1.58. The van der Waals surface area contributed by atoms with E-state index in [9.17, 15) is 18.5 Å². The van der Waals surface area contributed by atoms with Gasteiger partial charge in [0.1, 0.15) is 5.75 Å². The van der Waals surface area contributed by atoms with Crippen molar-refractivity contribution >= 4 is 25.4 Å². The predicted molar refractivity (Wildman–Crippen MR) is 76.7 cm³/mol. The zero-order valence-corrected chi connectivity index (χ0v) is 12.4. The van der Waals surface area contributed by atoms with Crippen molar-refractivity contribution in [3.63, 3.8) is 0 Å². The summed E-state index contributed by atoms with van der Waals surface area (Å²) < 4.78 is 26.8. The molecule has 112 valence electrons. The van der Waals surface area contributed by atoms with Crippen LogP contribution in [0.1, 0.15) is 25.7 Å².